The van der Waals surface area contributed by atoms with Crippen LogP contribution in [0.1, 0.15) is 0 Å². The van der Waals surface area contributed by atoms with Crippen molar-refractivity contribution >= 4 is 16.0 Å². The number of sulfonamides is 1. The van der Waals surface area contributed by atoms with Crippen LogP contribution in [0.25, 0.3) is 0 Å². The van der Waals surface area contributed by atoms with Crippen molar-refractivity contribution in [3.8, 4) is 0 Å². The first-order valence-electron chi connectivity index (χ1n) is 4.20. The van der Waals surface area contributed by atoms with E-state index in [1.165, 1.54) is 25.5 Å². The van der Waals surface area contributed by atoms with Crippen LogP contribution in [0.5, 0.6) is 0 Å². The van der Waals surface area contributed by atoms with Crippen molar-refractivity contribution in [2.24, 2.45) is 0 Å². The summed E-state index contributed by atoms with van der Waals surface area (Å²) in [6, 6.07) is 2.11. The summed E-state index contributed by atoms with van der Waals surface area (Å²) >= 11 is 0. The fraction of sp³-hybridized carbons (Fsp3) is 0.375. The van der Waals surface area contributed by atoms with E-state index in [-0.39, 0.29) is 11.6 Å². The first-order valence-corrected chi connectivity index (χ1v) is 5.64. The molecule has 2 atom stereocenters. The second-order valence-corrected chi connectivity index (χ2v) is 4.87. The molecule has 1 fully saturated rings. The highest BCUT2D eigenvalue weighted by Gasteiger charge is 2.51. The summed E-state index contributed by atoms with van der Waals surface area (Å²) in [7, 11) is -2.44. The van der Waals surface area contributed by atoms with Crippen LogP contribution in [0, 0.1) is 0 Å². The van der Waals surface area contributed by atoms with Crippen LogP contribution in [0.3, 0.4) is 0 Å². The Morgan fingerprint density at radius 3 is 2.93 bits per heavy atom. The van der Waals surface area contributed by atoms with Gasteiger partial charge >= 0.3 is 5.97 Å². The number of carbonyl (C=O) groups is 1. The number of ether oxygens (including phenoxy) is 1. The van der Waals surface area contributed by atoms with Crippen LogP contribution in [-0.2, 0) is 19.6 Å². The smallest absolute Gasteiger partial charge is 0.325 e. The minimum absolute atomic E-state index is 0.149. The standard InChI is InChI=1S/C8H9NO5S/c1-13-8(10)6-5-9(6)15(11,12)7-3-2-4-14-7/h2-4,6H,5H2,1H3. The Labute approximate surface area is 86.5 Å². The Morgan fingerprint density at radius 2 is 2.40 bits per heavy atom. The summed E-state index contributed by atoms with van der Waals surface area (Å²) in [5.41, 5.74) is 0. The molecule has 6 nitrogen and oxygen atoms in total. The van der Waals surface area contributed by atoms with E-state index in [1.54, 1.807) is 0 Å². The number of hydrogen-bond acceptors (Lipinski definition) is 5. The highest BCUT2D eigenvalue weighted by Crippen LogP contribution is 2.28. The van der Waals surface area contributed by atoms with Crippen LogP contribution in [-0.4, -0.2) is 38.4 Å². The fourth-order valence-corrected chi connectivity index (χ4v) is 2.66. The zero-order valence-corrected chi connectivity index (χ0v) is 8.73. The Hall–Kier alpha value is -1.34. The molecule has 0 aliphatic carbocycles. The summed E-state index contributed by atoms with van der Waals surface area (Å²) in [5.74, 6) is -0.551. The van der Waals surface area contributed by atoms with Crippen LogP contribution in [0.15, 0.2) is 27.9 Å². The largest absolute Gasteiger partial charge is 0.468 e. The van der Waals surface area contributed by atoms with E-state index < -0.39 is 22.0 Å². The number of hydrogen-bond donors (Lipinski definition) is 0. The van der Waals surface area contributed by atoms with Gasteiger partial charge in [0.2, 0.25) is 5.09 Å². The number of nitrogens with zero attached hydrogens (tertiary/aromatic N) is 1. The van der Waals surface area contributed by atoms with Gasteiger partial charge in [-0.3, -0.25) is 4.79 Å². The van der Waals surface area contributed by atoms with E-state index in [0.717, 1.165) is 4.31 Å². The van der Waals surface area contributed by atoms with Crippen LogP contribution >= 0.6 is 0 Å². The zero-order valence-electron chi connectivity index (χ0n) is 7.91. The van der Waals surface area contributed by atoms with Crippen LogP contribution in [0.2, 0.25) is 0 Å². The van der Waals surface area contributed by atoms with Gasteiger partial charge in [0, 0.05) is 6.54 Å². The van der Waals surface area contributed by atoms with Gasteiger partial charge in [-0.1, -0.05) is 0 Å². The maximum absolute atomic E-state index is 11.7. The molecule has 1 saturated heterocycles. The highest BCUT2D eigenvalue weighted by molar-refractivity contribution is 7.89. The quantitative estimate of drug-likeness (QED) is 0.533. The van der Waals surface area contributed by atoms with Gasteiger partial charge in [0.25, 0.3) is 10.0 Å². The summed E-state index contributed by atoms with van der Waals surface area (Å²) in [5, 5.41) is -0.158. The molecule has 2 rings (SSSR count). The second kappa shape index (κ2) is 3.35. The van der Waals surface area contributed by atoms with E-state index in [4.69, 9.17) is 4.42 Å². The minimum Gasteiger partial charge on any atom is -0.468 e. The van der Waals surface area contributed by atoms with Gasteiger partial charge in [0.15, 0.2) is 0 Å². The van der Waals surface area contributed by atoms with Gasteiger partial charge in [-0.25, -0.2) is 8.42 Å². The van der Waals surface area contributed by atoms with Crippen LogP contribution < -0.4 is 0 Å². The first kappa shape index (κ1) is 10.2. The average molecular weight is 231 g/mol. The van der Waals surface area contributed by atoms with E-state index in [9.17, 15) is 13.2 Å². The Balaban J connectivity index is 2.18. The van der Waals surface area contributed by atoms with Gasteiger partial charge in [-0.15, -0.1) is 0 Å². The van der Waals surface area contributed by atoms with Crippen molar-refractivity contribution < 1.29 is 22.4 Å². The molecule has 1 aromatic rings. The van der Waals surface area contributed by atoms with Gasteiger partial charge in [0.05, 0.1) is 13.4 Å². The predicted octanol–water partition coefficient (Wildman–Crippen LogP) is -0.175. The molecule has 7 heteroatoms. The minimum atomic E-state index is -3.66. The van der Waals surface area contributed by atoms with Crippen molar-refractivity contribution in [1.29, 1.82) is 0 Å². The van der Waals surface area contributed by atoms with Crippen molar-refractivity contribution in [1.82, 2.24) is 4.31 Å². The first-order chi connectivity index (χ1) is 7.07. The fourth-order valence-electron chi connectivity index (χ4n) is 1.24. The molecule has 2 heterocycles. The molecule has 0 spiro atoms. The lowest BCUT2D eigenvalue weighted by Gasteiger charge is -2.01. The topological polar surface area (TPSA) is 76.6 Å². The summed E-state index contributed by atoms with van der Waals surface area (Å²) < 4.78 is 33.7. The van der Waals surface area contributed by atoms with Crippen molar-refractivity contribution in [3.63, 3.8) is 0 Å². The molecule has 0 aromatic carbocycles. The zero-order chi connectivity index (χ0) is 11.1. The Kier molecular flexibility index (Phi) is 2.28. The number of methoxy groups -OCH3 is 1. The van der Waals surface area contributed by atoms with Gasteiger partial charge < -0.3 is 9.15 Å². The van der Waals surface area contributed by atoms with Crippen LogP contribution in [0.4, 0.5) is 0 Å². The highest BCUT2D eigenvalue weighted by atomic mass is 32.2. The summed E-state index contributed by atoms with van der Waals surface area (Å²) in [4.78, 5) is 11.0. The Bertz CT molecular complexity index is 463. The third-order valence-corrected chi connectivity index (χ3v) is 3.86. The molecule has 1 aliphatic heterocycles. The Morgan fingerprint density at radius 1 is 1.67 bits per heavy atom. The van der Waals surface area contributed by atoms with E-state index >= 15 is 0 Å². The number of esters is 1. The molecule has 0 bridgehead atoms. The maximum atomic E-state index is 11.7. The molecule has 15 heavy (non-hydrogen) atoms. The van der Waals surface area contributed by atoms with Crippen molar-refractivity contribution in [2.75, 3.05) is 13.7 Å². The SMILES string of the molecule is COC(=O)C1CN1S(=O)(=O)c1ccco1. The van der Waals surface area contributed by atoms with E-state index in [0.29, 0.717) is 0 Å². The van der Waals surface area contributed by atoms with Crippen molar-refractivity contribution in [2.45, 2.75) is 11.1 Å². The van der Waals surface area contributed by atoms with Gasteiger partial charge in [-0.05, 0) is 12.1 Å². The third kappa shape index (κ3) is 1.64. The molecule has 1 aromatic heterocycles. The summed E-state index contributed by atoms with van der Waals surface area (Å²) in [6.45, 7) is 0.149. The maximum Gasteiger partial charge on any atom is 0.325 e. The average Bonchev–Trinajstić information content (AvgIpc) is 2.83. The number of furan rings is 1. The molecule has 82 valence electrons. The monoisotopic (exact) mass is 231 g/mol. The normalized spacial score (nSPS) is 24.9. The molecule has 2 unspecified atom stereocenters. The summed E-state index contributed by atoms with van der Waals surface area (Å²) in [6.07, 6.45) is 1.27. The molecule has 0 N–H and O–H groups in total. The number of rotatable bonds is 3. The molecule has 0 amide bonds. The van der Waals surface area contributed by atoms with E-state index in [1.807, 2.05) is 0 Å². The molecular weight excluding hydrogens is 222 g/mol. The van der Waals surface area contributed by atoms with E-state index in [2.05, 4.69) is 4.74 Å². The molecule has 0 radical (unpaired) electrons. The molecular formula is C8H9NO5S. The third-order valence-electron chi connectivity index (χ3n) is 2.10. The lowest BCUT2D eigenvalue weighted by Crippen LogP contribution is -2.19. The number of carbonyl (C=O) groups excluding carboxylic acids is 1. The predicted molar refractivity (Wildman–Crippen MR) is 48.4 cm³/mol. The van der Waals surface area contributed by atoms with Gasteiger partial charge in [0.1, 0.15) is 6.04 Å². The van der Waals surface area contributed by atoms with Gasteiger partial charge in [-0.2, -0.15) is 4.31 Å². The lowest BCUT2D eigenvalue weighted by atomic mass is 10.5. The van der Waals surface area contributed by atoms with Crippen molar-refractivity contribution in [3.05, 3.63) is 18.4 Å². The molecule has 0 saturated carbocycles. The second-order valence-electron chi connectivity index (χ2n) is 3.05. The lowest BCUT2D eigenvalue weighted by molar-refractivity contribution is -0.140. The molecule has 1 aliphatic rings.